The number of fused-ring (bicyclic) bond motifs is 1. The zero-order chi connectivity index (χ0) is 21.0. The molecule has 1 aromatic heterocycles. The number of thioether (sulfide) groups is 1. The lowest BCUT2D eigenvalue weighted by Crippen LogP contribution is -2.35. The van der Waals surface area contributed by atoms with E-state index in [2.05, 4.69) is 21.4 Å². The van der Waals surface area contributed by atoms with Crippen molar-refractivity contribution in [2.45, 2.75) is 24.1 Å². The molecule has 0 saturated heterocycles. The number of nitrogens with one attached hydrogen (secondary N) is 1. The molecule has 29 heavy (non-hydrogen) atoms. The van der Waals surface area contributed by atoms with Gasteiger partial charge in [-0.15, -0.1) is 0 Å². The molecule has 1 aliphatic carbocycles. The highest BCUT2D eigenvalue weighted by Crippen LogP contribution is 2.69. The summed E-state index contributed by atoms with van der Waals surface area (Å²) >= 11 is 7.04. The Morgan fingerprint density at radius 2 is 2.17 bits per heavy atom. The summed E-state index contributed by atoms with van der Waals surface area (Å²) < 4.78 is 14.1. The van der Waals surface area contributed by atoms with Crippen LogP contribution >= 0.6 is 23.4 Å². The highest BCUT2D eigenvalue weighted by atomic mass is 35.5. The molecule has 2 heterocycles. The number of carbonyl (C=O) groups excluding carboxylic acids is 1. The number of aromatic nitrogens is 1. The summed E-state index contributed by atoms with van der Waals surface area (Å²) in [6.07, 6.45) is 1.38. The average Bonchev–Trinajstić information content (AvgIpc) is 3.28. The van der Waals surface area contributed by atoms with E-state index < -0.39 is 22.0 Å². The molecule has 1 fully saturated rings. The van der Waals surface area contributed by atoms with Crippen LogP contribution in [-0.2, 0) is 5.54 Å². The second kappa shape index (κ2) is 6.71. The van der Waals surface area contributed by atoms with Crippen LogP contribution in [0, 0.1) is 29.0 Å². The van der Waals surface area contributed by atoms with Crippen molar-refractivity contribution < 1.29 is 9.18 Å². The SMILES string of the molecule is CC1C2[C@@]1(C#N)SC(N)=N[C@]2(C)c1cc(NC(=O)c2ccc(Cl)cn2)ccc1F. The molecule has 1 aromatic carbocycles. The van der Waals surface area contributed by atoms with Crippen LogP contribution in [-0.4, -0.2) is 20.8 Å². The van der Waals surface area contributed by atoms with Crippen LogP contribution in [0.25, 0.3) is 0 Å². The largest absolute Gasteiger partial charge is 0.378 e. The van der Waals surface area contributed by atoms with Crippen LogP contribution < -0.4 is 11.1 Å². The van der Waals surface area contributed by atoms with Crippen molar-refractivity contribution in [3.63, 3.8) is 0 Å². The van der Waals surface area contributed by atoms with Crippen molar-refractivity contribution >= 4 is 40.1 Å². The van der Waals surface area contributed by atoms with Gasteiger partial charge in [-0.3, -0.25) is 9.79 Å². The molecule has 4 atom stereocenters. The Morgan fingerprint density at radius 1 is 1.41 bits per heavy atom. The average molecular weight is 430 g/mol. The smallest absolute Gasteiger partial charge is 0.274 e. The Morgan fingerprint density at radius 3 is 2.83 bits per heavy atom. The van der Waals surface area contributed by atoms with Gasteiger partial charge >= 0.3 is 0 Å². The summed E-state index contributed by atoms with van der Waals surface area (Å²) in [6.45, 7) is 3.73. The van der Waals surface area contributed by atoms with E-state index in [4.69, 9.17) is 17.3 Å². The Kier molecular flexibility index (Phi) is 4.56. The monoisotopic (exact) mass is 429 g/mol. The summed E-state index contributed by atoms with van der Waals surface area (Å²) in [7, 11) is 0. The van der Waals surface area contributed by atoms with E-state index in [9.17, 15) is 14.4 Å². The molecule has 148 valence electrons. The fourth-order valence-electron chi connectivity index (χ4n) is 4.20. The molecule has 6 nitrogen and oxygen atoms in total. The number of hydrogen-bond donors (Lipinski definition) is 2. The van der Waals surface area contributed by atoms with Gasteiger partial charge in [0.15, 0.2) is 5.17 Å². The molecule has 2 aliphatic rings. The Balaban J connectivity index is 1.69. The van der Waals surface area contributed by atoms with Crippen LogP contribution in [0.15, 0.2) is 41.5 Å². The van der Waals surface area contributed by atoms with E-state index in [-0.39, 0.29) is 28.3 Å². The summed E-state index contributed by atoms with van der Waals surface area (Å²) in [6, 6.07) is 9.70. The number of nitrogens with two attached hydrogens (primary N) is 1. The maximum absolute atomic E-state index is 14.8. The number of nitriles is 1. The van der Waals surface area contributed by atoms with Gasteiger partial charge in [-0.2, -0.15) is 5.26 Å². The van der Waals surface area contributed by atoms with Crippen molar-refractivity contribution in [1.29, 1.82) is 5.26 Å². The van der Waals surface area contributed by atoms with Gasteiger partial charge in [-0.1, -0.05) is 30.3 Å². The molecule has 0 spiro atoms. The van der Waals surface area contributed by atoms with Crippen molar-refractivity contribution in [2.75, 3.05) is 5.32 Å². The van der Waals surface area contributed by atoms with Crippen molar-refractivity contribution in [1.82, 2.24) is 4.98 Å². The second-order valence-electron chi connectivity index (χ2n) is 7.38. The third kappa shape index (κ3) is 3.05. The van der Waals surface area contributed by atoms with Gasteiger partial charge in [0.25, 0.3) is 5.91 Å². The van der Waals surface area contributed by atoms with E-state index in [1.54, 1.807) is 19.1 Å². The van der Waals surface area contributed by atoms with E-state index in [1.165, 1.54) is 36.2 Å². The van der Waals surface area contributed by atoms with E-state index >= 15 is 0 Å². The number of pyridine rings is 1. The number of rotatable bonds is 3. The number of amidine groups is 1. The minimum Gasteiger partial charge on any atom is -0.378 e. The number of carbonyl (C=O) groups is 1. The Labute approximate surface area is 176 Å². The molecule has 3 N–H and O–H groups in total. The molecule has 1 amide bonds. The lowest BCUT2D eigenvalue weighted by Gasteiger charge is -2.32. The third-order valence-corrected chi connectivity index (χ3v) is 7.23. The fourth-order valence-corrected chi connectivity index (χ4v) is 5.76. The minimum atomic E-state index is -1.01. The number of halogens is 2. The van der Waals surface area contributed by atoms with Crippen LogP contribution in [0.5, 0.6) is 0 Å². The lowest BCUT2D eigenvalue weighted by atomic mass is 9.85. The van der Waals surface area contributed by atoms with Crippen LogP contribution in [0.3, 0.4) is 0 Å². The maximum Gasteiger partial charge on any atom is 0.274 e. The molecule has 1 aliphatic heterocycles. The summed E-state index contributed by atoms with van der Waals surface area (Å²) in [4.78, 5) is 21.0. The molecule has 2 unspecified atom stereocenters. The van der Waals surface area contributed by atoms with Crippen LogP contribution in [0.4, 0.5) is 10.1 Å². The second-order valence-corrected chi connectivity index (χ2v) is 9.12. The number of hydrogen-bond acceptors (Lipinski definition) is 6. The number of anilines is 1. The Bertz CT molecular complexity index is 1090. The van der Waals surface area contributed by atoms with Gasteiger partial charge in [0, 0.05) is 23.4 Å². The Hall–Kier alpha value is -2.63. The lowest BCUT2D eigenvalue weighted by molar-refractivity contribution is 0.102. The molecular weight excluding hydrogens is 413 g/mol. The summed E-state index contributed by atoms with van der Waals surface area (Å²) in [5.41, 5.74) is 5.86. The first-order valence-corrected chi connectivity index (χ1v) is 10.1. The van der Waals surface area contributed by atoms with E-state index in [0.717, 1.165) is 0 Å². The quantitative estimate of drug-likeness (QED) is 0.769. The molecule has 9 heteroatoms. The van der Waals surface area contributed by atoms with Gasteiger partial charge < -0.3 is 11.1 Å². The molecule has 0 bridgehead atoms. The van der Waals surface area contributed by atoms with Gasteiger partial charge in [0.2, 0.25) is 0 Å². The van der Waals surface area contributed by atoms with Gasteiger partial charge in [0.1, 0.15) is 16.3 Å². The molecule has 0 radical (unpaired) electrons. The first-order chi connectivity index (χ1) is 13.7. The van der Waals surface area contributed by atoms with E-state index in [0.29, 0.717) is 10.7 Å². The first kappa shape index (κ1) is 19.7. The van der Waals surface area contributed by atoms with E-state index in [1.807, 2.05) is 6.92 Å². The van der Waals surface area contributed by atoms with Crippen LogP contribution in [0.1, 0.15) is 29.9 Å². The summed E-state index contributed by atoms with van der Waals surface area (Å²) in [5.74, 6) is -1.10. The molecular formula is C20H17ClFN5OS. The zero-order valence-corrected chi connectivity index (χ0v) is 17.2. The van der Waals surface area contributed by atoms with Gasteiger partial charge in [0.05, 0.1) is 16.6 Å². The number of aliphatic imine (C=N–C) groups is 1. The summed E-state index contributed by atoms with van der Waals surface area (Å²) in [5, 5.41) is 13.1. The highest BCUT2D eigenvalue weighted by molar-refractivity contribution is 8.15. The molecule has 1 saturated carbocycles. The zero-order valence-electron chi connectivity index (χ0n) is 15.6. The number of nitrogens with zero attached hydrogens (tertiary/aromatic N) is 3. The highest BCUT2D eigenvalue weighted by Gasteiger charge is 2.73. The minimum absolute atomic E-state index is 0.00298. The first-order valence-electron chi connectivity index (χ1n) is 8.90. The molecule has 2 aromatic rings. The third-order valence-electron chi connectivity index (χ3n) is 5.66. The molecule has 4 rings (SSSR count). The van der Waals surface area contributed by atoms with Crippen molar-refractivity contribution in [3.05, 3.63) is 58.6 Å². The number of benzene rings is 1. The van der Waals surface area contributed by atoms with Crippen LogP contribution in [0.2, 0.25) is 5.02 Å². The predicted octanol–water partition coefficient (Wildman–Crippen LogP) is 3.93. The van der Waals surface area contributed by atoms with Crippen molar-refractivity contribution in [2.24, 2.45) is 22.6 Å². The van der Waals surface area contributed by atoms with Gasteiger partial charge in [-0.05, 0) is 43.2 Å². The van der Waals surface area contributed by atoms with Crippen molar-refractivity contribution in [3.8, 4) is 6.07 Å². The standard InChI is InChI=1S/C20H17ClFN5OS/c1-10-16-19(2,27-18(24)29-20(10,16)9-23)13-7-12(4-5-14(13)22)26-17(28)15-6-3-11(21)8-25-15/h3-8,10,16H,1-2H3,(H2,24,27)(H,26,28)/t10?,16?,19-,20+/m1/s1. The van der Waals surface area contributed by atoms with Gasteiger partial charge in [-0.25, -0.2) is 9.37 Å². The maximum atomic E-state index is 14.8. The topological polar surface area (TPSA) is 104 Å². The predicted molar refractivity (Wildman–Crippen MR) is 111 cm³/mol. The number of amides is 1. The fraction of sp³-hybridized carbons (Fsp3) is 0.300. The normalized spacial score (nSPS) is 30.0.